The molecule has 3 nitrogen and oxygen atoms in total. The van der Waals surface area contributed by atoms with Crippen molar-refractivity contribution in [1.82, 2.24) is 0 Å². The van der Waals surface area contributed by atoms with Crippen LogP contribution >= 0.6 is 0 Å². The minimum atomic E-state index is -0.301. The van der Waals surface area contributed by atoms with Gasteiger partial charge in [-0.25, -0.2) is 4.79 Å². The van der Waals surface area contributed by atoms with E-state index in [1.165, 1.54) is 6.08 Å². The Morgan fingerprint density at radius 2 is 2.64 bits per heavy atom. The van der Waals surface area contributed by atoms with Gasteiger partial charge in [-0.1, -0.05) is 0 Å². The first-order valence-electron chi connectivity index (χ1n) is 3.83. The van der Waals surface area contributed by atoms with E-state index in [9.17, 15) is 4.79 Å². The average molecular weight is 156 g/mol. The molecule has 3 heteroatoms. The van der Waals surface area contributed by atoms with Gasteiger partial charge in [-0.05, 0) is 13.3 Å². The number of allylic oxidation sites excluding steroid dienone is 1. The number of carbonyl (C=O) groups excluding carboxylic acids is 1. The van der Waals surface area contributed by atoms with Gasteiger partial charge in [0.25, 0.3) is 0 Å². The van der Waals surface area contributed by atoms with Gasteiger partial charge in [0, 0.05) is 6.42 Å². The summed E-state index contributed by atoms with van der Waals surface area (Å²) in [4.78, 5) is 10.8. The summed E-state index contributed by atoms with van der Waals surface area (Å²) in [5, 5.41) is 0. The average Bonchev–Trinajstić information content (AvgIpc) is 2.40. The van der Waals surface area contributed by atoms with Crippen molar-refractivity contribution in [3.8, 4) is 0 Å². The van der Waals surface area contributed by atoms with E-state index in [0.29, 0.717) is 6.61 Å². The lowest BCUT2D eigenvalue weighted by atomic mass is 10.3. The van der Waals surface area contributed by atoms with Crippen LogP contribution in [0.3, 0.4) is 0 Å². The Labute approximate surface area is 66.0 Å². The molecule has 0 amide bonds. The lowest BCUT2D eigenvalue weighted by Crippen LogP contribution is -2.00. The SMILES string of the molecule is CCOC(=O)/C=C1\CCCO1. The molecule has 0 unspecified atom stereocenters. The number of carbonyl (C=O) groups is 1. The molecule has 1 saturated heterocycles. The minimum absolute atomic E-state index is 0.301. The fourth-order valence-corrected chi connectivity index (χ4v) is 0.951. The molecule has 0 spiro atoms. The highest BCUT2D eigenvalue weighted by molar-refractivity contribution is 5.82. The van der Waals surface area contributed by atoms with Crippen molar-refractivity contribution in [2.75, 3.05) is 13.2 Å². The molecule has 1 heterocycles. The second-order valence-corrected chi connectivity index (χ2v) is 2.31. The van der Waals surface area contributed by atoms with E-state index in [2.05, 4.69) is 0 Å². The van der Waals surface area contributed by atoms with E-state index in [-0.39, 0.29) is 5.97 Å². The third kappa shape index (κ3) is 2.62. The summed E-state index contributed by atoms with van der Waals surface area (Å²) in [6.45, 7) is 2.93. The molecule has 1 rings (SSSR count). The lowest BCUT2D eigenvalue weighted by Gasteiger charge is -1.97. The molecule has 0 bridgehead atoms. The second-order valence-electron chi connectivity index (χ2n) is 2.31. The molecular formula is C8H12O3. The van der Waals surface area contributed by atoms with Crippen LogP contribution in [0.4, 0.5) is 0 Å². The summed E-state index contributed by atoms with van der Waals surface area (Å²) >= 11 is 0. The summed E-state index contributed by atoms with van der Waals surface area (Å²) < 4.78 is 9.84. The smallest absolute Gasteiger partial charge is 0.334 e. The van der Waals surface area contributed by atoms with Gasteiger partial charge in [-0.15, -0.1) is 0 Å². The van der Waals surface area contributed by atoms with E-state index in [1.807, 2.05) is 0 Å². The molecule has 11 heavy (non-hydrogen) atoms. The summed E-state index contributed by atoms with van der Waals surface area (Å²) in [5.74, 6) is 0.452. The molecule has 62 valence electrons. The van der Waals surface area contributed by atoms with Gasteiger partial charge in [-0.3, -0.25) is 0 Å². The van der Waals surface area contributed by atoms with Crippen LogP contribution in [0.15, 0.2) is 11.8 Å². The van der Waals surface area contributed by atoms with Crippen molar-refractivity contribution in [2.24, 2.45) is 0 Å². The molecule has 0 aromatic rings. The van der Waals surface area contributed by atoms with Crippen LogP contribution in [-0.4, -0.2) is 19.2 Å². The zero-order valence-electron chi connectivity index (χ0n) is 6.63. The molecule has 0 aromatic carbocycles. The van der Waals surface area contributed by atoms with Crippen LogP contribution in [0, 0.1) is 0 Å². The van der Waals surface area contributed by atoms with Crippen molar-refractivity contribution in [3.63, 3.8) is 0 Å². The first-order valence-corrected chi connectivity index (χ1v) is 3.83. The van der Waals surface area contributed by atoms with E-state index in [1.54, 1.807) is 6.92 Å². The Morgan fingerprint density at radius 3 is 3.18 bits per heavy atom. The predicted octanol–water partition coefficient (Wildman–Crippen LogP) is 1.24. The highest BCUT2D eigenvalue weighted by Crippen LogP contribution is 2.15. The van der Waals surface area contributed by atoms with Gasteiger partial charge < -0.3 is 9.47 Å². The van der Waals surface area contributed by atoms with Gasteiger partial charge in [0.15, 0.2) is 0 Å². The Balaban J connectivity index is 2.36. The highest BCUT2D eigenvalue weighted by atomic mass is 16.5. The quantitative estimate of drug-likeness (QED) is 0.445. The first kappa shape index (κ1) is 8.11. The maximum Gasteiger partial charge on any atom is 0.334 e. The van der Waals surface area contributed by atoms with Crippen LogP contribution < -0.4 is 0 Å². The maximum atomic E-state index is 10.8. The van der Waals surface area contributed by atoms with E-state index in [0.717, 1.165) is 25.2 Å². The predicted molar refractivity (Wildman–Crippen MR) is 39.9 cm³/mol. The zero-order valence-corrected chi connectivity index (χ0v) is 6.63. The highest BCUT2D eigenvalue weighted by Gasteiger charge is 2.09. The van der Waals surface area contributed by atoms with E-state index < -0.39 is 0 Å². The Morgan fingerprint density at radius 1 is 1.82 bits per heavy atom. The molecule has 0 radical (unpaired) electrons. The largest absolute Gasteiger partial charge is 0.498 e. The van der Waals surface area contributed by atoms with Gasteiger partial charge >= 0.3 is 5.97 Å². The van der Waals surface area contributed by atoms with Crippen molar-refractivity contribution in [2.45, 2.75) is 19.8 Å². The molecule has 0 saturated carbocycles. The molecule has 0 atom stereocenters. The van der Waals surface area contributed by atoms with Crippen molar-refractivity contribution < 1.29 is 14.3 Å². The number of esters is 1. The van der Waals surface area contributed by atoms with Crippen LogP contribution in [0.25, 0.3) is 0 Å². The van der Waals surface area contributed by atoms with E-state index >= 15 is 0 Å². The summed E-state index contributed by atoms with van der Waals surface area (Å²) in [6, 6.07) is 0. The first-order chi connectivity index (χ1) is 5.33. The van der Waals surface area contributed by atoms with E-state index in [4.69, 9.17) is 9.47 Å². The normalized spacial score (nSPS) is 19.9. The van der Waals surface area contributed by atoms with Crippen molar-refractivity contribution in [1.29, 1.82) is 0 Å². The summed E-state index contributed by atoms with van der Waals surface area (Å²) in [7, 11) is 0. The molecular weight excluding hydrogens is 144 g/mol. The second kappa shape index (κ2) is 4.01. The number of hydrogen-bond acceptors (Lipinski definition) is 3. The fraction of sp³-hybridized carbons (Fsp3) is 0.625. The summed E-state index contributed by atoms with van der Waals surface area (Å²) in [5.41, 5.74) is 0. The molecule has 0 aromatic heterocycles. The maximum absolute atomic E-state index is 10.8. The minimum Gasteiger partial charge on any atom is -0.498 e. The zero-order chi connectivity index (χ0) is 8.10. The lowest BCUT2D eigenvalue weighted by molar-refractivity contribution is -0.137. The molecule has 1 aliphatic heterocycles. The van der Waals surface area contributed by atoms with Crippen LogP contribution in [-0.2, 0) is 14.3 Å². The topological polar surface area (TPSA) is 35.5 Å². The third-order valence-corrected chi connectivity index (χ3v) is 1.42. The monoisotopic (exact) mass is 156 g/mol. The number of hydrogen-bond donors (Lipinski definition) is 0. The summed E-state index contributed by atoms with van der Waals surface area (Å²) in [6.07, 6.45) is 3.29. The van der Waals surface area contributed by atoms with Crippen LogP contribution in [0.5, 0.6) is 0 Å². The number of rotatable bonds is 2. The Kier molecular flexibility index (Phi) is 2.95. The van der Waals surface area contributed by atoms with Gasteiger partial charge in [-0.2, -0.15) is 0 Å². The molecule has 0 N–H and O–H groups in total. The van der Waals surface area contributed by atoms with Crippen molar-refractivity contribution >= 4 is 5.97 Å². The van der Waals surface area contributed by atoms with Gasteiger partial charge in [0.1, 0.15) is 5.76 Å². The molecule has 0 aliphatic carbocycles. The standard InChI is InChI=1S/C8H12O3/c1-2-10-8(9)6-7-4-3-5-11-7/h6H,2-5H2,1H3/b7-6+. The number of ether oxygens (including phenoxy) is 2. The third-order valence-electron chi connectivity index (χ3n) is 1.42. The van der Waals surface area contributed by atoms with Gasteiger partial charge in [0.05, 0.1) is 19.3 Å². The van der Waals surface area contributed by atoms with Crippen LogP contribution in [0.2, 0.25) is 0 Å². The molecule has 1 fully saturated rings. The Bertz CT molecular complexity index is 164. The molecule has 1 aliphatic rings. The Hall–Kier alpha value is -0.990. The van der Waals surface area contributed by atoms with Gasteiger partial charge in [0.2, 0.25) is 0 Å². The fourth-order valence-electron chi connectivity index (χ4n) is 0.951. The van der Waals surface area contributed by atoms with Crippen molar-refractivity contribution in [3.05, 3.63) is 11.8 Å². The van der Waals surface area contributed by atoms with Crippen LogP contribution in [0.1, 0.15) is 19.8 Å².